The van der Waals surface area contributed by atoms with E-state index in [1.807, 2.05) is 19.0 Å². The fourth-order valence-electron chi connectivity index (χ4n) is 1.04. The first-order valence-corrected chi connectivity index (χ1v) is 7.56. The van der Waals surface area contributed by atoms with Gasteiger partial charge in [-0.15, -0.1) is 0 Å². The molecule has 1 unspecified atom stereocenters. The van der Waals surface area contributed by atoms with Crippen molar-refractivity contribution in [1.82, 2.24) is 4.90 Å². The Kier molecular flexibility index (Phi) is 11.5. The Morgan fingerprint density at radius 2 is 1.85 bits per heavy atom. The average Bonchev–Trinajstić information content (AvgIpc) is 2.27. The van der Waals surface area contributed by atoms with Crippen molar-refractivity contribution in [2.24, 2.45) is 0 Å². The number of hydrogen-bond donors (Lipinski definition) is 1. The number of carbonyl (C=O) groups is 1. The van der Waals surface area contributed by atoms with Gasteiger partial charge in [-0.1, -0.05) is 19.9 Å². The molecule has 0 rings (SSSR count). The maximum absolute atomic E-state index is 11.2. The minimum Gasteiger partial charge on any atom is -0.443 e. The third kappa shape index (κ3) is 13.5. The van der Waals surface area contributed by atoms with Crippen LogP contribution in [0.15, 0.2) is 12.2 Å². The van der Waals surface area contributed by atoms with Gasteiger partial charge in [-0.25, -0.2) is 8.98 Å². The summed E-state index contributed by atoms with van der Waals surface area (Å²) in [6, 6.07) is 0. The van der Waals surface area contributed by atoms with Gasteiger partial charge in [0, 0.05) is 5.57 Å². The van der Waals surface area contributed by atoms with Crippen LogP contribution in [-0.2, 0) is 24.1 Å². The molecule has 7 nitrogen and oxygen atoms in total. The van der Waals surface area contributed by atoms with E-state index in [1.54, 1.807) is 6.92 Å². The van der Waals surface area contributed by atoms with Crippen molar-refractivity contribution in [3.8, 4) is 0 Å². The lowest BCUT2D eigenvalue weighted by Crippen LogP contribution is -2.32. The molecule has 0 heterocycles. The Balaban J connectivity index is 0. The van der Waals surface area contributed by atoms with Crippen LogP contribution in [0.4, 0.5) is 0 Å². The number of carbonyl (C=O) groups excluding carboxylic acids is 1. The lowest BCUT2D eigenvalue weighted by Gasteiger charge is -2.23. The number of esters is 1. The molecule has 0 aromatic rings. The van der Waals surface area contributed by atoms with Crippen LogP contribution in [0.1, 0.15) is 33.6 Å². The molecule has 0 bridgehead atoms. The summed E-state index contributed by atoms with van der Waals surface area (Å²) < 4.78 is 35.9. The standard InChI is InChI=1S/C10H19NO2.C2H6O4S/c1-6-7-9(11(4)5)13-10(12)8(2)3;1-2-6-7(3,4)5/h9H,2,6-7H2,1,3-5H3;2H2,1H3,(H,3,4,5). The van der Waals surface area contributed by atoms with E-state index >= 15 is 0 Å². The lowest BCUT2D eigenvalue weighted by atomic mass is 10.3. The highest BCUT2D eigenvalue weighted by Crippen LogP contribution is 2.07. The Labute approximate surface area is 121 Å². The van der Waals surface area contributed by atoms with E-state index < -0.39 is 10.4 Å². The van der Waals surface area contributed by atoms with E-state index in [2.05, 4.69) is 17.7 Å². The van der Waals surface area contributed by atoms with Gasteiger partial charge in [0.25, 0.3) is 0 Å². The zero-order valence-electron chi connectivity index (χ0n) is 12.7. The maximum atomic E-state index is 11.2. The Hall–Kier alpha value is -0.960. The summed E-state index contributed by atoms with van der Waals surface area (Å²) in [6.07, 6.45) is 1.72. The molecule has 0 saturated heterocycles. The van der Waals surface area contributed by atoms with Crippen LogP contribution in [0.3, 0.4) is 0 Å². The molecule has 0 aromatic carbocycles. The van der Waals surface area contributed by atoms with Crippen LogP contribution >= 0.6 is 0 Å². The second-order valence-electron chi connectivity index (χ2n) is 4.23. The van der Waals surface area contributed by atoms with E-state index in [9.17, 15) is 13.2 Å². The van der Waals surface area contributed by atoms with E-state index in [1.165, 1.54) is 6.92 Å². The summed E-state index contributed by atoms with van der Waals surface area (Å²) >= 11 is 0. The second kappa shape index (κ2) is 10.8. The van der Waals surface area contributed by atoms with Gasteiger partial charge < -0.3 is 4.74 Å². The number of ether oxygens (including phenoxy) is 1. The van der Waals surface area contributed by atoms with Crippen molar-refractivity contribution >= 4 is 16.4 Å². The van der Waals surface area contributed by atoms with Gasteiger partial charge in [0.1, 0.15) is 0 Å². The predicted octanol–water partition coefficient (Wildman–Crippen LogP) is 1.62. The van der Waals surface area contributed by atoms with Crippen LogP contribution in [0.2, 0.25) is 0 Å². The topological polar surface area (TPSA) is 93.1 Å². The lowest BCUT2D eigenvalue weighted by molar-refractivity contribution is -0.152. The molecule has 1 atom stereocenters. The number of nitrogens with zero attached hydrogens (tertiary/aromatic N) is 1. The highest BCUT2D eigenvalue weighted by molar-refractivity contribution is 7.80. The van der Waals surface area contributed by atoms with Gasteiger partial charge in [-0.3, -0.25) is 9.45 Å². The normalized spacial score (nSPS) is 12.3. The molecule has 8 heteroatoms. The van der Waals surface area contributed by atoms with Crippen molar-refractivity contribution in [2.75, 3.05) is 20.7 Å². The molecule has 120 valence electrons. The molecule has 0 fully saturated rings. The van der Waals surface area contributed by atoms with Crippen molar-refractivity contribution in [1.29, 1.82) is 0 Å². The fraction of sp³-hybridized carbons (Fsp3) is 0.750. The SMILES string of the molecule is C=C(C)C(=O)OC(CCC)N(C)C.CCOS(=O)(=O)O. The zero-order chi connectivity index (χ0) is 16.3. The van der Waals surface area contributed by atoms with E-state index in [-0.39, 0.29) is 18.8 Å². The maximum Gasteiger partial charge on any atom is 0.397 e. The third-order valence-corrected chi connectivity index (χ3v) is 2.50. The molecule has 0 saturated carbocycles. The highest BCUT2D eigenvalue weighted by atomic mass is 32.3. The summed E-state index contributed by atoms with van der Waals surface area (Å²) in [4.78, 5) is 13.1. The summed E-state index contributed by atoms with van der Waals surface area (Å²) in [5, 5.41) is 0. The van der Waals surface area contributed by atoms with Crippen LogP contribution in [0.25, 0.3) is 0 Å². The molecule has 0 aliphatic carbocycles. The van der Waals surface area contributed by atoms with Gasteiger partial charge in [0.2, 0.25) is 0 Å². The van der Waals surface area contributed by atoms with Gasteiger partial charge in [-0.2, -0.15) is 8.42 Å². The molecular weight excluding hydrogens is 286 g/mol. The summed E-state index contributed by atoms with van der Waals surface area (Å²) in [5.74, 6) is -0.313. The van der Waals surface area contributed by atoms with Gasteiger partial charge in [0.15, 0.2) is 6.23 Å². The van der Waals surface area contributed by atoms with E-state index in [0.29, 0.717) is 5.57 Å². The Morgan fingerprint density at radius 3 is 2.05 bits per heavy atom. The van der Waals surface area contributed by atoms with E-state index in [4.69, 9.17) is 9.29 Å². The van der Waals surface area contributed by atoms with Crippen LogP contribution in [0.5, 0.6) is 0 Å². The Bertz CT molecular complexity index is 391. The van der Waals surface area contributed by atoms with Gasteiger partial charge in [-0.05, 0) is 34.4 Å². The summed E-state index contributed by atoms with van der Waals surface area (Å²) in [7, 11) is -0.384. The minimum atomic E-state index is -4.17. The van der Waals surface area contributed by atoms with Gasteiger partial charge >= 0.3 is 16.4 Å². The predicted molar refractivity (Wildman–Crippen MR) is 76.5 cm³/mol. The smallest absolute Gasteiger partial charge is 0.397 e. The molecule has 0 aliphatic rings. The average molecular weight is 311 g/mol. The molecule has 20 heavy (non-hydrogen) atoms. The number of rotatable bonds is 7. The molecule has 0 amide bonds. The molecular formula is C12H25NO6S. The zero-order valence-corrected chi connectivity index (χ0v) is 13.6. The van der Waals surface area contributed by atoms with E-state index in [0.717, 1.165) is 12.8 Å². The van der Waals surface area contributed by atoms with Crippen molar-refractivity contribution in [3.63, 3.8) is 0 Å². The van der Waals surface area contributed by atoms with Gasteiger partial charge in [0.05, 0.1) is 6.61 Å². The van der Waals surface area contributed by atoms with Crippen LogP contribution < -0.4 is 0 Å². The molecule has 1 N–H and O–H groups in total. The molecule has 0 aliphatic heterocycles. The minimum absolute atomic E-state index is 0.0289. The monoisotopic (exact) mass is 311 g/mol. The molecule has 0 radical (unpaired) electrons. The van der Waals surface area contributed by atoms with Crippen LogP contribution in [0, 0.1) is 0 Å². The highest BCUT2D eigenvalue weighted by Gasteiger charge is 2.15. The summed E-state index contributed by atoms with van der Waals surface area (Å²) in [5.41, 5.74) is 0.447. The first-order valence-electron chi connectivity index (χ1n) is 6.19. The fourth-order valence-corrected chi connectivity index (χ4v) is 1.34. The van der Waals surface area contributed by atoms with Crippen LogP contribution in [-0.4, -0.2) is 50.8 Å². The first kappa shape index (κ1) is 21.3. The Morgan fingerprint density at radius 1 is 1.35 bits per heavy atom. The third-order valence-electron chi connectivity index (χ3n) is 1.97. The second-order valence-corrected chi connectivity index (χ2v) is 5.32. The summed E-state index contributed by atoms with van der Waals surface area (Å²) in [6.45, 7) is 8.69. The first-order chi connectivity index (χ1) is 9.05. The largest absolute Gasteiger partial charge is 0.443 e. The number of hydrogen-bond acceptors (Lipinski definition) is 6. The van der Waals surface area contributed by atoms with Crippen molar-refractivity contribution < 1.29 is 26.7 Å². The van der Waals surface area contributed by atoms with Crippen molar-refractivity contribution in [2.45, 2.75) is 39.8 Å². The van der Waals surface area contributed by atoms with Crippen molar-refractivity contribution in [3.05, 3.63) is 12.2 Å². The molecule has 0 spiro atoms. The quantitative estimate of drug-likeness (QED) is 0.330. The molecule has 0 aromatic heterocycles.